The van der Waals surface area contributed by atoms with Gasteiger partial charge in [-0.2, -0.15) is 0 Å². The Bertz CT molecular complexity index is 401. The van der Waals surface area contributed by atoms with Gasteiger partial charge in [-0.1, -0.05) is 0 Å². The van der Waals surface area contributed by atoms with Crippen LogP contribution >= 0.6 is 0 Å². The van der Waals surface area contributed by atoms with Crippen molar-refractivity contribution in [3.63, 3.8) is 0 Å². The van der Waals surface area contributed by atoms with Crippen molar-refractivity contribution in [2.45, 2.75) is 33.1 Å². The van der Waals surface area contributed by atoms with Gasteiger partial charge >= 0.3 is 0 Å². The topological polar surface area (TPSA) is 44.8 Å². The van der Waals surface area contributed by atoms with Gasteiger partial charge in [-0.05, 0) is 44.4 Å². The van der Waals surface area contributed by atoms with Gasteiger partial charge < -0.3 is 19.0 Å². The Morgan fingerprint density at radius 2 is 1.68 bits per heavy atom. The normalized spacial score (nSPS) is 10.1. The number of hydrogen-bond acceptors (Lipinski definition) is 4. The lowest BCUT2D eigenvalue weighted by Gasteiger charge is -2.15. The second-order valence-corrected chi connectivity index (χ2v) is 4.51. The highest BCUT2D eigenvalue weighted by atomic mass is 16.5. The van der Waals surface area contributed by atoms with Crippen LogP contribution in [0.1, 0.15) is 31.7 Å². The highest BCUT2D eigenvalue weighted by Crippen LogP contribution is 2.38. The molecule has 0 unspecified atom stereocenters. The Hall–Kier alpha value is -1.71. The Balaban J connectivity index is 2.63. The predicted molar refractivity (Wildman–Crippen MR) is 74.3 cm³/mol. The summed E-state index contributed by atoms with van der Waals surface area (Å²) in [4.78, 5) is 10.8. The van der Waals surface area contributed by atoms with Crippen molar-refractivity contribution in [3.8, 4) is 17.2 Å². The molecule has 4 heteroatoms. The smallest absolute Gasteiger partial charge is 0.203 e. The molecule has 4 nitrogen and oxygen atoms in total. The lowest BCUT2D eigenvalue weighted by molar-refractivity contribution is -0.117. The lowest BCUT2D eigenvalue weighted by Crippen LogP contribution is -2.02. The molecule has 1 rings (SSSR count). The van der Waals surface area contributed by atoms with Crippen molar-refractivity contribution in [3.05, 3.63) is 17.7 Å². The lowest BCUT2D eigenvalue weighted by atomic mass is 10.2. The van der Waals surface area contributed by atoms with Crippen LogP contribution in [0.5, 0.6) is 17.2 Å². The zero-order valence-electron chi connectivity index (χ0n) is 12.1. The molecule has 0 heterocycles. The summed E-state index contributed by atoms with van der Waals surface area (Å²) < 4.78 is 16.3. The number of ether oxygens (including phenoxy) is 3. The summed E-state index contributed by atoms with van der Waals surface area (Å²) in [6.45, 7) is 4.12. The zero-order valence-corrected chi connectivity index (χ0v) is 12.1. The van der Waals surface area contributed by atoms with E-state index < -0.39 is 0 Å². The maximum Gasteiger partial charge on any atom is 0.203 e. The highest BCUT2D eigenvalue weighted by molar-refractivity contribution is 5.75. The van der Waals surface area contributed by atoms with Crippen LogP contribution in [0.25, 0.3) is 0 Å². The van der Waals surface area contributed by atoms with Gasteiger partial charge in [0.15, 0.2) is 11.5 Å². The number of hydrogen-bond donors (Lipinski definition) is 0. The molecule has 0 saturated heterocycles. The van der Waals surface area contributed by atoms with Crippen LogP contribution in [0.4, 0.5) is 0 Å². The summed E-state index contributed by atoms with van der Waals surface area (Å²) in [5.74, 6) is 2.18. The van der Waals surface area contributed by atoms with E-state index in [1.165, 1.54) is 0 Å². The highest BCUT2D eigenvalue weighted by Gasteiger charge is 2.12. The minimum atomic E-state index is 0.213. The van der Waals surface area contributed by atoms with Crippen molar-refractivity contribution < 1.29 is 19.0 Å². The van der Waals surface area contributed by atoms with Gasteiger partial charge in [-0.3, -0.25) is 0 Å². The van der Waals surface area contributed by atoms with E-state index in [1.807, 2.05) is 19.1 Å². The van der Waals surface area contributed by atoms with Crippen LogP contribution in [0.2, 0.25) is 0 Å². The van der Waals surface area contributed by atoms with Crippen LogP contribution in [-0.2, 0) is 4.79 Å². The first-order chi connectivity index (χ1) is 9.08. The molecule has 0 aromatic heterocycles. The van der Waals surface area contributed by atoms with E-state index in [1.54, 1.807) is 21.1 Å². The van der Waals surface area contributed by atoms with E-state index in [0.29, 0.717) is 30.3 Å². The second kappa shape index (κ2) is 7.67. The summed E-state index contributed by atoms with van der Waals surface area (Å²) in [5.41, 5.74) is 1.05. The maximum absolute atomic E-state index is 10.8. The van der Waals surface area contributed by atoms with Crippen LogP contribution in [0.15, 0.2) is 12.1 Å². The molecule has 0 bridgehead atoms. The standard InChI is InChI=1S/C15H22O4/c1-11-9-13(17-3)15(14(10-11)18-4)19-8-6-5-7-12(2)16/h9-10H,5-8H2,1-4H3. The van der Waals surface area contributed by atoms with Crippen molar-refractivity contribution in [2.75, 3.05) is 20.8 Å². The third-order valence-corrected chi connectivity index (χ3v) is 2.77. The monoisotopic (exact) mass is 266 g/mol. The first-order valence-corrected chi connectivity index (χ1v) is 6.43. The number of aryl methyl sites for hydroxylation is 1. The molecule has 0 fully saturated rings. The van der Waals surface area contributed by atoms with Crippen molar-refractivity contribution >= 4 is 5.78 Å². The van der Waals surface area contributed by atoms with Gasteiger partial charge in [0.05, 0.1) is 20.8 Å². The summed E-state index contributed by atoms with van der Waals surface area (Å²) in [6, 6.07) is 3.82. The molecule has 0 N–H and O–H groups in total. The van der Waals surface area contributed by atoms with Crippen LogP contribution in [0, 0.1) is 6.92 Å². The quantitative estimate of drug-likeness (QED) is 0.678. The Morgan fingerprint density at radius 1 is 1.11 bits per heavy atom. The number of carbonyl (C=O) groups is 1. The van der Waals surface area contributed by atoms with E-state index in [-0.39, 0.29) is 5.78 Å². The molecule has 0 aliphatic rings. The van der Waals surface area contributed by atoms with Crippen LogP contribution in [-0.4, -0.2) is 26.6 Å². The first-order valence-electron chi connectivity index (χ1n) is 6.43. The third kappa shape index (κ3) is 4.81. The number of carbonyl (C=O) groups excluding carboxylic acids is 1. The maximum atomic E-state index is 10.8. The molecule has 0 aliphatic heterocycles. The molecule has 0 aliphatic carbocycles. The van der Waals surface area contributed by atoms with E-state index in [2.05, 4.69) is 0 Å². The van der Waals surface area contributed by atoms with Crippen molar-refractivity contribution in [2.24, 2.45) is 0 Å². The average Bonchev–Trinajstić information content (AvgIpc) is 2.38. The number of ketones is 1. The molecule has 1 aromatic carbocycles. The molecule has 0 radical (unpaired) electrons. The van der Waals surface area contributed by atoms with Gasteiger partial charge in [0.25, 0.3) is 0 Å². The van der Waals surface area contributed by atoms with Gasteiger partial charge in [-0.25, -0.2) is 0 Å². The van der Waals surface area contributed by atoms with Gasteiger partial charge in [0, 0.05) is 6.42 Å². The number of rotatable bonds is 8. The number of methoxy groups -OCH3 is 2. The summed E-state index contributed by atoms with van der Waals surface area (Å²) >= 11 is 0. The fraction of sp³-hybridized carbons (Fsp3) is 0.533. The SMILES string of the molecule is COc1cc(C)cc(OC)c1OCCCCC(C)=O. The summed E-state index contributed by atoms with van der Waals surface area (Å²) in [7, 11) is 3.22. The number of Topliss-reactive ketones (excluding diaryl/α,β-unsaturated/α-hetero) is 1. The van der Waals surface area contributed by atoms with Crippen molar-refractivity contribution in [1.82, 2.24) is 0 Å². The minimum Gasteiger partial charge on any atom is -0.493 e. The Kier molecular flexibility index (Phi) is 6.19. The molecule has 1 aromatic rings. The van der Waals surface area contributed by atoms with E-state index in [4.69, 9.17) is 14.2 Å². The molecular weight excluding hydrogens is 244 g/mol. The van der Waals surface area contributed by atoms with Gasteiger partial charge in [-0.15, -0.1) is 0 Å². The third-order valence-electron chi connectivity index (χ3n) is 2.77. The van der Waals surface area contributed by atoms with Gasteiger partial charge in [0.2, 0.25) is 5.75 Å². The fourth-order valence-electron chi connectivity index (χ4n) is 1.80. The zero-order chi connectivity index (χ0) is 14.3. The van der Waals surface area contributed by atoms with Crippen LogP contribution < -0.4 is 14.2 Å². The Morgan fingerprint density at radius 3 is 2.16 bits per heavy atom. The average molecular weight is 266 g/mol. The molecule has 0 amide bonds. The molecule has 106 valence electrons. The number of benzene rings is 1. The molecule has 19 heavy (non-hydrogen) atoms. The summed E-state index contributed by atoms with van der Waals surface area (Å²) in [5, 5.41) is 0. The van der Waals surface area contributed by atoms with Crippen LogP contribution in [0.3, 0.4) is 0 Å². The molecule has 0 atom stereocenters. The first kappa shape index (κ1) is 15.3. The molecule has 0 spiro atoms. The second-order valence-electron chi connectivity index (χ2n) is 4.51. The Labute approximate surface area is 114 Å². The minimum absolute atomic E-state index is 0.213. The largest absolute Gasteiger partial charge is 0.493 e. The predicted octanol–water partition coefficient (Wildman–Crippen LogP) is 3.15. The molecule has 0 saturated carbocycles. The van der Waals surface area contributed by atoms with Gasteiger partial charge in [0.1, 0.15) is 5.78 Å². The number of unbranched alkanes of at least 4 members (excludes halogenated alkanes) is 1. The summed E-state index contributed by atoms with van der Waals surface area (Å²) in [6.07, 6.45) is 2.27. The fourth-order valence-corrected chi connectivity index (χ4v) is 1.80. The van der Waals surface area contributed by atoms with E-state index >= 15 is 0 Å². The van der Waals surface area contributed by atoms with E-state index in [9.17, 15) is 4.79 Å². The molecular formula is C15H22O4. The van der Waals surface area contributed by atoms with Crippen molar-refractivity contribution in [1.29, 1.82) is 0 Å². The van der Waals surface area contributed by atoms with E-state index in [0.717, 1.165) is 18.4 Å².